The van der Waals surface area contributed by atoms with Gasteiger partial charge in [0.1, 0.15) is 0 Å². The fourth-order valence-corrected chi connectivity index (χ4v) is 1.78. The monoisotopic (exact) mass is 289 g/mol. The molecule has 0 atom stereocenters. The quantitative estimate of drug-likeness (QED) is 0.461. The van der Waals surface area contributed by atoms with Gasteiger partial charge in [0.05, 0.1) is 11.7 Å². The Morgan fingerprint density at radius 3 is 1.95 bits per heavy atom. The molecule has 1 saturated heterocycles. The van der Waals surface area contributed by atoms with Gasteiger partial charge in [0, 0.05) is 84.3 Å². The van der Waals surface area contributed by atoms with Crippen LogP contribution in [0.2, 0.25) is 0 Å². The predicted octanol–water partition coefficient (Wildman–Crippen LogP) is -0.833. The minimum Gasteiger partial charge on any atom is -0.478 e. The van der Waals surface area contributed by atoms with E-state index in [1.807, 2.05) is 4.90 Å². The van der Waals surface area contributed by atoms with Gasteiger partial charge in [-0.25, -0.2) is 9.59 Å². The number of carbonyl (C=O) groups is 2. The molecule has 0 unspecified atom stereocenters. The van der Waals surface area contributed by atoms with Gasteiger partial charge in [-0.2, -0.15) is 0 Å². The Bertz CT molecular complexity index is 351. The van der Waals surface area contributed by atoms with Crippen LogP contribution in [0.5, 0.6) is 0 Å². The number of aliphatic hydroxyl groups is 1. The van der Waals surface area contributed by atoms with Gasteiger partial charge in [0.25, 0.3) is 0 Å². The van der Waals surface area contributed by atoms with Gasteiger partial charge in [-0.05, 0) is 19.8 Å². The third kappa shape index (κ3) is 7.24. The summed E-state index contributed by atoms with van der Waals surface area (Å²) < 4.78 is 0. The van der Waals surface area contributed by atoms with Gasteiger partial charge >= 0.3 is 11.9 Å². The molecule has 1 aliphatic heterocycles. The summed E-state index contributed by atoms with van der Waals surface area (Å²) in [6.07, 6.45) is 0.863. The molecule has 1 heterocycles. The summed E-state index contributed by atoms with van der Waals surface area (Å²) in [5.74, 6) is -2.41. The number of aliphatic hydroxyl groups excluding tert-OH is 1. The number of hydrogen-bond donors (Lipinski definition) is 3. The van der Waals surface area contributed by atoms with Crippen LogP contribution in [0.1, 0.15) is 19.8 Å². The fraction of sp³-hybridized carbons (Fsp3) is 0.636. The molecular formula is C11H17NNa2O5. The summed E-state index contributed by atoms with van der Waals surface area (Å²) in [4.78, 5) is 23.6. The molecule has 0 saturated carbocycles. The Labute approximate surface area is 156 Å². The minimum atomic E-state index is -1.21. The summed E-state index contributed by atoms with van der Waals surface area (Å²) in [5, 5.41) is 27.1. The number of nitrogens with zero attached hydrogens (tertiary/aromatic N) is 1. The molecule has 0 aliphatic carbocycles. The Balaban J connectivity index is 0. The van der Waals surface area contributed by atoms with Crippen LogP contribution in [0.4, 0.5) is 0 Å². The first-order valence-electron chi connectivity index (χ1n) is 5.48. The maximum Gasteiger partial charge on any atom is 0.333 e. The Morgan fingerprint density at radius 2 is 1.58 bits per heavy atom. The van der Waals surface area contributed by atoms with Crippen LogP contribution in [-0.2, 0) is 9.59 Å². The molecule has 0 aromatic carbocycles. The van der Waals surface area contributed by atoms with E-state index in [-0.39, 0.29) is 82.9 Å². The first-order valence-corrected chi connectivity index (χ1v) is 5.48. The molecule has 0 spiro atoms. The summed E-state index contributed by atoms with van der Waals surface area (Å²) in [5.41, 5.74) is -0.225. The van der Waals surface area contributed by atoms with E-state index in [1.54, 1.807) is 0 Å². The molecule has 0 aromatic rings. The van der Waals surface area contributed by atoms with Crippen molar-refractivity contribution >= 4 is 71.1 Å². The summed E-state index contributed by atoms with van der Waals surface area (Å²) in [6, 6.07) is 0. The molecule has 98 valence electrons. The van der Waals surface area contributed by atoms with Crippen LogP contribution in [-0.4, -0.2) is 117 Å². The van der Waals surface area contributed by atoms with Gasteiger partial charge in [-0.1, -0.05) is 0 Å². The van der Waals surface area contributed by atoms with Gasteiger partial charge in [0.2, 0.25) is 0 Å². The van der Waals surface area contributed by atoms with Crippen molar-refractivity contribution in [3.63, 3.8) is 0 Å². The van der Waals surface area contributed by atoms with Crippen molar-refractivity contribution in [3.05, 3.63) is 11.1 Å². The van der Waals surface area contributed by atoms with Gasteiger partial charge < -0.3 is 15.3 Å². The zero-order chi connectivity index (χ0) is 13.0. The minimum absolute atomic E-state index is 0. The van der Waals surface area contributed by atoms with Gasteiger partial charge in [0.15, 0.2) is 0 Å². The number of piperidine rings is 1. The molecule has 19 heavy (non-hydrogen) atoms. The van der Waals surface area contributed by atoms with E-state index in [9.17, 15) is 14.7 Å². The predicted molar refractivity (Wildman–Crippen MR) is 71.2 cm³/mol. The Kier molecular flexibility index (Phi) is 11.9. The van der Waals surface area contributed by atoms with E-state index in [1.165, 1.54) is 6.92 Å². The van der Waals surface area contributed by atoms with Crippen molar-refractivity contribution in [3.8, 4) is 0 Å². The number of likely N-dealkylation sites (tertiary alicyclic amines) is 1. The Hall–Kier alpha value is 0.600. The van der Waals surface area contributed by atoms with E-state index in [2.05, 4.69) is 0 Å². The smallest absolute Gasteiger partial charge is 0.333 e. The number of carboxylic acids is 2. The summed E-state index contributed by atoms with van der Waals surface area (Å²) >= 11 is 0. The van der Waals surface area contributed by atoms with Crippen LogP contribution in [0.15, 0.2) is 11.1 Å². The number of aliphatic carboxylic acids is 2. The molecule has 6 nitrogen and oxygen atoms in total. The van der Waals surface area contributed by atoms with Crippen molar-refractivity contribution in [2.75, 3.05) is 19.6 Å². The van der Waals surface area contributed by atoms with Crippen molar-refractivity contribution in [1.29, 1.82) is 0 Å². The van der Waals surface area contributed by atoms with E-state index >= 15 is 0 Å². The maximum absolute atomic E-state index is 11.0. The van der Waals surface area contributed by atoms with Crippen LogP contribution < -0.4 is 0 Å². The number of rotatable bonds is 4. The molecule has 1 fully saturated rings. The van der Waals surface area contributed by atoms with Crippen LogP contribution >= 0.6 is 0 Å². The van der Waals surface area contributed by atoms with E-state index in [0.29, 0.717) is 25.9 Å². The second kappa shape index (κ2) is 10.3. The molecule has 2 radical (unpaired) electrons. The average Bonchev–Trinajstić information content (AvgIpc) is 2.26. The molecule has 0 aromatic heterocycles. The topological polar surface area (TPSA) is 98.1 Å². The van der Waals surface area contributed by atoms with Crippen LogP contribution in [0.25, 0.3) is 0 Å². The zero-order valence-electron chi connectivity index (χ0n) is 11.7. The van der Waals surface area contributed by atoms with Gasteiger partial charge in [-0.3, -0.25) is 4.90 Å². The molecular weight excluding hydrogens is 272 g/mol. The molecule has 8 heteroatoms. The van der Waals surface area contributed by atoms with Crippen LogP contribution in [0.3, 0.4) is 0 Å². The van der Waals surface area contributed by atoms with Crippen molar-refractivity contribution in [1.82, 2.24) is 4.90 Å². The van der Waals surface area contributed by atoms with E-state index in [4.69, 9.17) is 10.2 Å². The Morgan fingerprint density at radius 1 is 1.11 bits per heavy atom. The number of hydrogen-bond acceptors (Lipinski definition) is 4. The largest absolute Gasteiger partial charge is 0.478 e. The summed E-state index contributed by atoms with van der Waals surface area (Å²) in [7, 11) is 0. The van der Waals surface area contributed by atoms with E-state index in [0.717, 1.165) is 0 Å². The average molecular weight is 289 g/mol. The number of carboxylic acid groups (broad SMARTS) is 2. The second-order valence-electron chi connectivity index (χ2n) is 4.22. The van der Waals surface area contributed by atoms with Crippen molar-refractivity contribution in [2.45, 2.75) is 25.9 Å². The van der Waals surface area contributed by atoms with Gasteiger partial charge in [-0.15, -0.1) is 0 Å². The normalized spacial score (nSPS) is 17.8. The first-order chi connectivity index (χ1) is 7.91. The molecule has 3 N–H and O–H groups in total. The van der Waals surface area contributed by atoms with Crippen molar-refractivity contribution in [2.24, 2.45) is 0 Å². The maximum atomic E-state index is 11.0. The van der Waals surface area contributed by atoms with Crippen LogP contribution in [0, 0.1) is 0 Å². The third-order valence-electron chi connectivity index (χ3n) is 2.97. The zero-order valence-corrected chi connectivity index (χ0v) is 15.7. The SMILES string of the molecule is CC(C(=O)O)=C(CN1CCC(O)CC1)C(=O)O.[Na].[Na]. The van der Waals surface area contributed by atoms with E-state index < -0.39 is 11.9 Å². The summed E-state index contributed by atoms with van der Waals surface area (Å²) in [6.45, 7) is 2.58. The standard InChI is InChI=1S/C11H17NO5.2Na/c1-7(10(14)15)9(11(16)17)6-12-4-2-8(13)3-5-12;;/h8,13H,2-6H2,1H3,(H,14,15)(H,16,17);;. The fourth-order valence-electron chi connectivity index (χ4n) is 1.78. The molecule has 0 amide bonds. The molecule has 1 aliphatic rings. The van der Waals surface area contributed by atoms with Crippen molar-refractivity contribution < 1.29 is 24.9 Å². The second-order valence-corrected chi connectivity index (χ2v) is 4.22. The third-order valence-corrected chi connectivity index (χ3v) is 2.97. The molecule has 1 rings (SSSR count). The first kappa shape index (κ1) is 21.9. The molecule has 0 bridgehead atoms.